The van der Waals surface area contributed by atoms with Crippen molar-refractivity contribution in [3.63, 3.8) is 0 Å². The summed E-state index contributed by atoms with van der Waals surface area (Å²) in [5, 5.41) is 20.9. The highest BCUT2D eigenvalue weighted by Crippen LogP contribution is 2.20. The van der Waals surface area contributed by atoms with E-state index in [1.165, 1.54) is 12.4 Å². The number of carboxylic acids is 1. The number of rotatable bonds is 5. The number of aliphatic hydroxyl groups excluding tert-OH is 1. The van der Waals surface area contributed by atoms with E-state index >= 15 is 0 Å². The lowest BCUT2D eigenvalue weighted by atomic mass is 10.1. The summed E-state index contributed by atoms with van der Waals surface area (Å²) in [6, 6.07) is 9.08. The molecule has 0 spiro atoms. The van der Waals surface area contributed by atoms with Crippen molar-refractivity contribution in [1.29, 1.82) is 0 Å². The van der Waals surface area contributed by atoms with Gasteiger partial charge in [-0.1, -0.05) is 12.1 Å². The minimum absolute atomic E-state index is 0.111. The largest absolute Gasteiger partial charge is 0.478 e. The highest BCUT2D eigenvalue weighted by atomic mass is 16.4. The average molecular weight is 258 g/mol. The van der Waals surface area contributed by atoms with Crippen LogP contribution in [-0.2, 0) is 6.42 Å². The van der Waals surface area contributed by atoms with Gasteiger partial charge >= 0.3 is 5.97 Å². The summed E-state index contributed by atoms with van der Waals surface area (Å²) in [6.07, 6.45) is 3.45. The fourth-order valence-electron chi connectivity index (χ4n) is 1.71. The molecule has 0 amide bonds. The van der Waals surface area contributed by atoms with E-state index in [9.17, 15) is 4.79 Å². The Morgan fingerprint density at radius 3 is 2.58 bits per heavy atom. The molecular weight excluding hydrogens is 244 g/mol. The molecular formula is C14H14N2O3. The molecule has 2 aromatic rings. The molecule has 19 heavy (non-hydrogen) atoms. The topological polar surface area (TPSA) is 82.5 Å². The van der Waals surface area contributed by atoms with E-state index in [2.05, 4.69) is 10.3 Å². The second-order valence-corrected chi connectivity index (χ2v) is 4.02. The summed E-state index contributed by atoms with van der Waals surface area (Å²) in [5.41, 5.74) is 2.44. The Balaban J connectivity index is 2.19. The molecule has 5 nitrogen and oxygen atoms in total. The highest BCUT2D eigenvalue weighted by Gasteiger charge is 2.09. The predicted molar refractivity (Wildman–Crippen MR) is 71.7 cm³/mol. The normalized spacial score (nSPS) is 10.2. The van der Waals surface area contributed by atoms with E-state index in [0.717, 1.165) is 11.3 Å². The predicted octanol–water partition coefficient (Wildman–Crippen LogP) is 2.06. The Kier molecular flexibility index (Phi) is 4.10. The fourth-order valence-corrected chi connectivity index (χ4v) is 1.71. The van der Waals surface area contributed by atoms with Gasteiger partial charge in [-0.25, -0.2) is 4.79 Å². The van der Waals surface area contributed by atoms with Crippen molar-refractivity contribution in [1.82, 2.24) is 4.98 Å². The molecule has 98 valence electrons. The van der Waals surface area contributed by atoms with Crippen molar-refractivity contribution in [2.24, 2.45) is 0 Å². The van der Waals surface area contributed by atoms with Crippen LogP contribution >= 0.6 is 0 Å². The van der Waals surface area contributed by atoms with Gasteiger partial charge in [-0.2, -0.15) is 0 Å². The summed E-state index contributed by atoms with van der Waals surface area (Å²) in [4.78, 5) is 14.8. The molecule has 0 saturated carbocycles. The first-order valence-corrected chi connectivity index (χ1v) is 5.85. The number of hydrogen-bond donors (Lipinski definition) is 3. The summed E-state index contributed by atoms with van der Waals surface area (Å²) >= 11 is 0. The molecule has 0 bridgehead atoms. The zero-order chi connectivity index (χ0) is 13.7. The third-order valence-electron chi connectivity index (χ3n) is 2.68. The van der Waals surface area contributed by atoms with E-state index in [0.29, 0.717) is 12.1 Å². The number of aromatic nitrogens is 1. The Bertz CT molecular complexity index is 567. The van der Waals surface area contributed by atoms with Crippen LogP contribution in [0, 0.1) is 0 Å². The number of anilines is 2. The van der Waals surface area contributed by atoms with Crippen molar-refractivity contribution in [2.75, 3.05) is 11.9 Å². The Labute approximate surface area is 110 Å². The zero-order valence-electron chi connectivity index (χ0n) is 10.2. The number of aliphatic hydroxyl groups is 1. The molecule has 1 aromatic heterocycles. The minimum Gasteiger partial charge on any atom is -0.478 e. The van der Waals surface area contributed by atoms with E-state index in [1.807, 2.05) is 24.3 Å². The second-order valence-electron chi connectivity index (χ2n) is 4.02. The van der Waals surface area contributed by atoms with Gasteiger partial charge < -0.3 is 15.5 Å². The monoisotopic (exact) mass is 258 g/mol. The van der Waals surface area contributed by atoms with Crippen LogP contribution in [0.15, 0.2) is 42.7 Å². The number of benzene rings is 1. The van der Waals surface area contributed by atoms with E-state index in [-0.39, 0.29) is 12.2 Å². The number of nitrogens with one attached hydrogen (secondary N) is 1. The van der Waals surface area contributed by atoms with Crippen molar-refractivity contribution >= 4 is 17.3 Å². The standard InChI is InChI=1S/C14H14N2O3/c17-8-6-10-1-3-11(4-2-10)16-13-5-7-15-9-12(13)14(18)19/h1-5,7,9,17H,6,8H2,(H,15,16)(H,18,19). The first kappa shape index (κ1) is 13.0. The van der Waals surface area contributed by atoms with Gasteiger partial charge in [0.05, 0.1) is 5.69 Å². The fraction of sp³-hybridized carbons (Fsp3) is 0.143. The van der Waals surface area contributed by atoms with Crippen molar-refractivity contribution in [3.8, 4) is 0 Å². The quantitative estimate of drug-likeness (QED) is 0.764. The van der Waals surface area contributed by atoms with Crippen LogP contribution in [0.25, 0.3) is 0 Å². The van der Waals surface area contributed by atoms with Crippen LogP contribution in [-0.4, -0.2) is 27.8 Å². The van der Waals surface area contributed by atoms with Gasteiger partial charge in [0.25, 0.3) is 0 Å². The molecule has 0 fully saturated rings. The number of nitrogens with zero attached hydrogens (tertiary/aromatic N) is 1. The van der Waals surface area contributed by atoms with Crippen LogP contribution in [0.5, 0.6) is 0 Å². The van der Waals surface area contributed by atoms with Gasteiger partial charge in [-0.3, -0.25) is 4.98 Å². The molecule has 1 heterocycles. The number of aromatic carboxylic acids is 1. The smallest absolute Gasteiger partial charge is 0.339 e. The van der Waals surface area contributed by atoms with Crippen molar-refractivity contribution in [3.05, 3.63) is 53.9 Å². The maximum absolute atomic E-state index is 11.0. The van der Waals surface area contributed by atoms with Crippen LogP contribution in [0.3, 0.4) is 0 Å². The molecule has 0 aliphatic heterocycles. The lowest BCUT2D eigenvalue weighted by molar-refractivity contribution is 0.0697. The van der Waals surface area contributed by atoms with E-state index in [4.69, 9.17) is 10.2 Å². The van der Waals surface area contributed by atoms with Gasteiger partial charge in [0.2, 0.25) is 0 Å². The molecule has 5 heteroatoms. The van der Waals surface area contributed by atoms with Gasteiger partial charge in [0.15, 0.2) is 0 Å². The average Bonchev–Trinajstić information content (AvgIpc) is 2.42. The minimum atomic E-state index is -1.02. The summed E-state index contributed by atoms with van der Waals surface area (Å²) in [5.74, 6) is -1.02. The van der Waals surface area contributed by atoms with E-state index in [1.54, 1.807) is 6.07 Å². The van der Waals surface area contributed by atoms with Gasteiger partial charge in [-0.15, -0.1) is 0 Å². The van der Waals surface area contributed by atoms with Crippen LogP contribution in [0.2, 0.25) is 0 Å². The molecule has 0 radical (unpaired) electrons. The molecule has 0 aliphatic rings. The second kappa shape index (κ2) is 5.97. The summed E-state index contributed by atoms with van der Waals surface area (Å²) in [7, 11) is 0. The van der Waals surface area contributed by atoms with Crippen molar-refractivity contribution < 1.29 is 15.0 Å². The molecule has 0 atom stereocenters. The number of pyridine rings is 1. The molecule has 0 aliphatic carbocycles. The SMILES string of the molecule is O=C(O)c1cnccc1Nc1ccc(CCO)cc1. The van der Waals surface area contributed by atoms with Crippen molar-refractivity contribution in [2.45, 2.75) is 6.42 Å². The molecule has 1 aromatic carbocycles. The Morgan fingerprint density at radius 2 is 1.95 bits per heavy atom. The highest BCUT2D eigenvalue weighted by molar-refractivity contribution is 5.94. The third-order valence-corrected chi connectivity index (χ3v) is 2.68. The van der Waals surface area contributed by atoms with Crippen LogP contribution in [0.1, 0.15) is 15.9 Å². The third kappa shape index (κ3) is 3.29. The zero-order valence-corrected chi connectivity index (χ0v) is 10.2. The number of hydrogen-bond acceptors (Lipinski definition) is 4. The van der Waals surface area contributed by atoms with Gasteiger partial charge in [0.1, 0.15) is 5.56 Å². The maximum atomic E-state index is 11.0. The van der Waals surface area contributed by atoms with E-state index < -0.39 is 5.97 Å². The first-order valence-electron chi connectivity index (χ1n) is 5.85. The Morgan fingerprint density at radius 1 is 1.21 bits per heavy atom. The van der Waals surface area contributed by atoms with Crippen LogP contribution in [0.4, 0.5) is 11.4 Å². The number of carboxylic acid groups (broad SMARTS) is 1. The molecule has 0 saturated heterocycles. The van der Waals surface area contributed by atoms with Crippen LogP contribution < -0.4 is 5.32 Å². The van der Waals surface area contributed by atoms with Gasteiger partial charge in [0, 0.05) is 24.7 Å². The van der Waals surface area contributed by atoms with Gasteiger partial charge in [-0.05, 0) is 30.2 Å². The summed E-state index contributed by atoms with van der Waals surface area (Å²) in [6.45, 7) is 0.111. The lowest BCUT2D eigenvalue weighted by Crippen LogP contribution is -2.03. The molecule has 2 rings (SSSR count). The maximum Gasteiger partial charge on any atom is 0.339 e. The molecule has 0 unspecified atom stereocenters. The molecule has 3 N–H and O–H groups in total. The first-order chi connectivity index (χ1) is 9.20. The Hall–Kier alpha value is -2.40. The number of carbonyl (C=O) groups is 1. The lowest BCUT2D eigenvalue weighted by Gasteiger charge is -2.09. The summed E-state index contributed by atoms with van der Waals surface area (Å²) < 4.78 is 0.